The summed E-state index contributed by atoms with van der Waals surface area (Å²) in [6.07, 6.45) is 7.33. The van der Waals surface area contributed by atoms with Gasteiger partial charge in [0.15, 0.2) is 0 Å². The largest absolute Gasteiger partial charge is 0.466 e. The van der Waals surface area contributed by atoms with Crippen LogP contribution in [0.1, 0.15) is 45.4 Å². The van der Waals surface area contributed by atoms with Crippen LogP contribution < -0.4 is 0 Å². The molecule has 2 rings (SSSR count). The fraction of sp³-hybridized carbons (Fsp3) is 0.938. The van der Waals surface area contributed by atoms with Gasteiger partial charge in [-0.1, -0.05) is 6.42 Å². The van der Waals surface area contributed by atoms with Crippen LogP contribution in [0, 0.1) is 5.92 Å². The molecule has 4 heteroatoms. The van der Waals surface area contributed by atoms with Gasteiger partial charge in [-0.25, -0.2) is 0 Å². The van der Waals surface area contributed by atoms with E-state index in [2.05, 4.69) is 16.8 Å². The Morgan fingerprint density at radius 1 is 1.15 bits per heavy atom. The van der Waals surface area contributed by atoms with E-state index < -0.39 is 0 Å². The summed E-state index contributed by atoms with van der Waals surface area (Å²) in [6, 6.07) is 0.770. The minimum atomic E-state index is 0.0131. The molecule has 2 fully saturated rings. The van der Waals surface area contributed by atoms with E-state index in [-0.39, 0.29) is 11.9 Å². The summed E-state index contributed by atoms with van der Waals surface area (Å²) in [6.45, 7) is 6.95. The Hall–Kier alpha value is -0.610. The fourth-order valence-corrected chi connectivity index (χ4v) is 3.49. The van der Waals surface area contributed by atoms with Gasteiger partial charge in [-0.2, -0.15) is 0 Å². The fourth-order valence-electron chi connectivity index (χ4n) is 3.49. The lowest BCUT2D eigenvalue weighted by atomic mass is 9.95. The lowest BCUT2D eigenvalue weighted by molar-refractivity contribution is -0.149. The molecular formula is C16H30N2O2. The van der Waals surface area contributed by atoms with Crippen molar-refractivity contribution in [1.82, 2.24) is 9.80 Å². The zero-order valence-electron chi connectivity index (χ0n) is 13.1. The number of nitrogens with zero attached hydrogens (tertiary/aromatic N) is 2. The van der Waals surface area contributed by atoms with Crippen LogP contribution in [-0.4, -0.2) is 61.6 Å². The van der Waals surface area contributed by atoms with Crippen LogP contribution in [0.25, 0.3) is 0 Å². The zero-order valence-corrected chi connectivity index (χ0v) is 13.1. The topological polar surface area (TPSA) is 32.8 Å². The van der Waals surface area contributed by atoms with Gasteiger partial charge in [-0.3, -0.25) is 4.79 Å². The quantitative estimate of drug-likeness (QED) is 0.723. The van der Waals surface area contributed by atoms with Gasteiger partial charge >= 0.3 is 5.97 Å². The first-order valence-electron chi connectivity index (χ1n) is 8.30. The predicted molar refractivity (Wildman–Crippen MR) is 80.7 cm³/mol. The molecule has 2 aliphatic rings. The summed E-state index contributed by atoms with van der Waals surface area (Å²) in [4.78, 5) is 16.8. The standard InChI is InChI=1S/C16H30N2O2/c1-3-20-16(19)14-7-11-18(12-8-14)13-9-15-6-4-5-10-17(15)2/h14-15H,3-13H2,1-2H3. The van der Waals surface area contributed by atoms with Gasteiger partial charge in [0.2, 0.25) is 0 Å². The SMILES string of the molecule is CCOC(=O)C1CCN(CCC2CCCCN2C)CC1. The lowest BCUT2D eigenvalue weighted by Gasteiger charge is -2.36. The van der Waals surface area contributed by atoms with Crippen molar-refractivity contribution in [3.8, 4) is 0 Å². The van der Waals surface area contributed by atoms with Gasteiger partial charge in [0, 0.05) is 6.04 Å². The van der Waals surface area contributed by atoms with Crippen molar-refractivity contribution in [3.63, 3.8) is 0 Å². The molecule has 0 radical (unpaired) electrons. The molecule has 20 heavy (non-hydrogen) atoms. The summed E-state index contributed by atoms with van der Waals surface area (Å²) in [5.41, 5.74) is 0. The first kappa shape index (κ1) is 15.8. The third-order valence-electron chi connectivity index (χ3n) is 4.91. The van der Waals surface area contributed by atoms with Crippen molar-refractivity contribution in [2.45, 2.75) is 51.5 Å². The molecule has 1 unspecified atom stereocenters. The number of rotatable bonds is 5. The van der Waals surface area contributed by atoms with E-state index in [0.29, 0.717) is 6.61 Å². The molecule has 0 amide bonds. The molecular weight excluding hydrogens is 252 g/mol. The normalized spacial score (nSPS) is 26.6. The maximum absolute atomic E-state index is 11.7. The maximum atomic E-state index is 11.7. The van der Waals surface area contributed by atoms with E-state index in [1.165, 1.54) is 38.8 Å². The van der Waals surface area contributed by atoms with Crippen molar-refractivity contribution in [2.75, 3.05) is 39.8 Å². The zero-order chi connectivity index (χ0) is 14.4. The molecule has 2 aliphatic heterocycles. The van der Waals surface area contributed by atoms with Gasteiger partial charge in [0.1, 0.15) is 0 Å². The highest BCUT2D eigenvalue weighted by Gasteiger charge is 2.26. The highest BCUT2D eigenvalue weighted by molar-refractivity contribution is 5.72. The van der Waals surface area contributed by atoms with Gasteiger partial charge in [-0.05, 0) is 72.3 Å². The molecule has 4 nitrogen and oxygen atoms in total. The van der Waals surface area contributed by atoms with Crippen molar-refractivity contribution in [3.05, 3.63) is 0 Å². The lowest BCUT2D eigenvalue weighted by Crippen LogP contribution is -2.42. The Bertz CT molecular complexity index is 301. The van der Waals surface area contributed by atoms with Crippen molar-refractivity contribution in [1.29, 1.82) is 0 Å². The van der Waals surface area contributed by atoms with Gasteiger partial charge in [0.25, 0.3) is 0 Å². The number of carbonyl (C=O) groups excluding carboxylic acids is 1. The molecule has 2 heterocycles. The number of esters is 1. The Labute approximate surface area is 123 Å². The van der Waals surface area contributed by atoms with E-state index >= 15 is 0 Å². The number of ether oxygens (including phenoxy) is 1. The smallest absolute Gasteiger partial charge is 0.309 e. The highest BCUT2D eigenvalue weighted by Crippen LogP contribution is 2.21. The monoisotopic (exact) mass is 282 g/mol. The maximum Gasteiger partial charge on any atom is 0.309 e. The molecule has 2 saturated heterocycles. The average Bonchev–Trinajstić information content (AvgIpc) is 2.47. The molecule has 0 N–H and O–H groups in total. The Balaban J connectivity index is 1.65. The molecule has 0 spiro atoms. The molecule has 0 aromatic carbocycles. The molecule has 0 bridgehead atoms. The second-order valence-corrected chi connectivity index (χ2v) is 6.29. The average molecular weight is 282 g/mol. The second kappa shape index (κ2) is 7.99. The van der Waals surface area contributed by atoms with Crippen LogP contribution in [0.5, 0.6) is 0 Å². The predicted octanol–water partition coefficient (Wildman–Crippen LogP) is 2.14. The third kappa shape index (κ3) is 4.45. The number of piperidine rings is 2. The van der Waals surface area contributed by atoms with Gasteiger partial charge in [0.05, 0.1) is 12.5 Å². The van der Waals surface area contributed by atoms with Gasteiger partial charge in [-0.15, -0.1) is 0 Å². The molecule has 0 aliphatic carbocycles. The van der Waals surface area contributed by atoms with E-state index in [1.807, 2.05) is 6.92 Å². The van der Waals surface area contributed by atoms with Crippen LogP contribution in [-0.2, 0) is 9.53 Å². The third-order valence-corrected chi connectivity index (χ3v) is 4.91. The minimum absolute atomic E-state index is 0.0131. The first-order chi connectivity index (χ1) is 9.70. The molecule has 1 atom stereocenters. The Kier molecular flexibility index (Phi) is 6.30. The van der Waals surface area contributed by atoms with Gasteiger partial charge < -0.3 is 14.5 Å². The summed E-state index contributed by atoms with van der Waals surface area (Å²) in [5.74, 6) is 0.155. The molecule has 0 saturated carbocycles. The van der Waals surface area contributed by atoms with Crippen molar-refractivity contribution >= 4 is 5.97 Å². The number of carbonyl (C=O) groups is 1. The number of likely N-dealkylation sites (tertiary alicyclic amines) is 2. The molecule has 0 aromatic heterocycles. The summed E-state index contributed by atoms with van der Waals surface area (Å²) >= 11 is 0. The van der Waals surface area contributed by atoms with E-state index in [9.17, 15) is 4.79 Å². The summed E-state index contributed by atoms with van der Waals surface area (Å²) in [7, 11) is 2.26. The number of hydrogen-bond acceptors (Lipinski definition) is 4. The van der Waals surface area contributed by atoms with E-state index in [4.69, 9.17) is 4.74 Å². The second-order valence-electron chi connectivity index (χ2n) is 6.29. The van der Waals surface area contributed by atoms with Crippen molar-refractivity contribution in [2.24, 2.45) is 5.92 Å². The molecule has 0 aromatic rings. The molecule has 116 valence electrons. The Morgan fingerprint density at radius 3 is 2.55 bits per heavy atom. The van der Waals surface area contributed by atoms with Crippen LogP contribution in [0.4, 0.5) is 0 Å². The highest BCUT2D eigenvalue weighted by atomic mass is 16.5. The van der Waals surface area contributed by atoms with E-state index in [0.717, 1.165) is 32.0 Å². The Morgan fingerprint density at radius 2 is 1.90 bits per heavy atom. The van der Waals surface area contributed by atoms with Crippen LogP contribution >= 0.6 is 0 Å². The minimum Gasteiger partial charge on any atom is -0.466 e. The first-order valence-corrected chi connectivity index (χ1v) is 8.30. The van der Waals surface area contributed by atoms with Crippen LogP contribution in [0.3, 0.4) is 0 Å². The number of hydrogen-bond donors (Lipinski definition) is 0. The summed E-state index contributed by atoms with van der Waals surface area (Å²) < 4.78 is 5.12. The van der Waals surface area contributed by atoms with Crippen LogP contribution in [0.15, 0.2) is 0 Å². The summed E-state index contributed by atoms with van der Waals surface area (Å²) in [5, 5.41) is 0. The van der Waals surface area contributed by atoms with Crippen LogP contribution in [0.2, 0.25) is 0 Å². The van der Waals surface area contributed by atoms with E-state index in [1.54, 1.807) is 0 Å². The van der Waals surface area contributed by atoms with Crippen molar-refractivity contribution < 1.29 is 9.53 Å².